The van der Waals surface area contributed by atoms with Gasteiger partial charge in [0.2, 0.25) is 0 Å². The molecule has 0 fully saturated rings. The first-order valence-corrected chi connectivity index (χ1v) is 4.40. The van der Waals surface area contributed by atoms with Crippen LogP contribution in [0.1, 0.15) is 11.6 Å². The van der Waals surface area contributed by atoms with E-state index in [1.165, 1.54) is 12.1 Å². The highest BCUT2D eigenvalue weighted by atomic mass is 79.9. The molecule has 0 amide bonds. The SMILES string of the molecule is NC(CO)c1c(Br)ccc(O)c1F. The summed E-state index contributed by atoms with van der Waals surface area (Å²) in [6.07, 6.45) is 0. The molecule has 13 heavy (non-hydrogen) atoms. The van der Waals surface area contributed by atoms with Crippen LogP contribution in [0.15, 0.2) is 16.6 Å². The van der Waals surface area contributed by atoms with Crippen LogP contribution in [0.4, 0.5) is 4.39 Å². The average Bonchev–Trinajstić information content (AvgIpc) is 2.12. The fraction of sp³-hybridized carbons (Fsp3) is 0.250. The topological polar surface area (TPSA) is 66.5 Å². The van der Waals surface area contributed by atoms with Gasteiger partial charge in [-0.15, -0.1) is 0 Å². The van der Waals surface area contributed by atoms with Crippen molar-refractivity contribution in [1.29, 1.82) is 0 Å². The van der Waals surface area contributed by atoms with Crippen LogP contribution in [0.3, 0.4) is 0 Å². The molecule has 0 aliphatic carbocycles. The third-order valence-corrected chi connectivity index (χ3v) is 2.37. The van der Waals surface area contributed by atoms with Crippen LogP contribution >= 0.6 is 15.9 Å². The van der Waals surface area contributed by atoms with E-state index < -0.39 is 17.6 Å². The molecule has 3 nitrogen and oxygen atoms in total. The molecule has 0 aromatic heterocycles. The lowest BCUT2D eigenvalue weighted by atomic mass is 10.1. The summed E-state index contributed by atoms with van der Waals surface area (Å²) in [6, 6.07) is 1.86. The van der Waals surface area contributed by atoms with Crippen molar-refractivity contribution in [3.8, 4) is 5.75 Å². The maximum absolute atomic E-state index is 13.2. The van der Waals surface area contributed by atoms with Gasteiger partial charge in [0.1, 0.15) is 0 Å². The van der Waals surface area contributed by atoms with E-state index in [-0.39, 0.29) is 12.2 Å². The normalized spacial score (nSPS) is 12.9. The van der Waals surface area contributed by atoms with Gasteiger partial charge < -0.3 is 15.9 Å². The molecule has 1 aromatic carbocycles. The molecule has 0 saturated carbocycles. The van der Waals surface area contributed by atoms with Gasteiger partial charge in [0.05, 0.1) is 12.6 Å². The van der Waals surface area contributed by atoms with Crippen LogP contribution in [-0.2, 0) is 0 Å². The number of phenolic OH excluding ortho intramolecular Hbond substituents is 1. The number of halogens is 2. The van der Waals surface area contributed by atoms with E-state index in [1.807, 2.05) is 0 Å². The number of nitrogens with two attached hydrogens (primary N) is 1. The number of aromatic hydroxyl groups is 1. The summed E-state index contributed by atoms with van der Waals surface area (Å²) in [7, 11) is 0. The van der Waals surface area contributed by atoms with E-state index in [0.717, 1.165) is 0 Å². The maximum Gasteiger partial charge on any atom is 0.170 e. The Kier molecular flexibility index (Phi) is 3.24. The summed E-state index contributed by atoms with van der Waals surface area (Å²) >= 11 is 3.08. The Hall–Kier alpha value is -0.650. The fourth-order valence-corrected chi connectivity index (χ4v) is 1.59. The highest BCUT2D eigenvalue weighted by Gasteiger charge is 2.17. The van der Waals surface area contributed by atoms with Crippen LogP contribution in [-0.4, -0.2) is 16.8 Å². The van der Waals surface area contributed by atoms with Crippen molar-refractivity contribution in [3.05, 3.63) is 28.0 Å². The molecule has 0 aliphatic heterocycles. The average molecular weight is 250 g/mol. The minimum Gasteiger partial charge on any atom is -0.505 e. The summed E-state index contributed by atoms with van der Waals surface area (Å²) < 4.78 is 13.7. The summed E-state index contributed by atoms with van der Waals surface area (Å²) in [5.74, 6) is -1.27. The third kappa shape index (κ3) is 1.99. The molecule has 0 bridgehead atoms. The van der Waals surface area contributed by atoms with Crippen molar-refractivity contribution in [2.24, 2.45) is 5.73 Å². The van der Waals surface area contributed by atoms with Crippen molar-refractivity contribution in [3.63, 3.8) is 0 Å². The number of hydrogen-bond acceptors (Lipinski definition) is 3. The summed E-state index contributed by atoms with van der Waals surface area (Å²) in [5, 5.41) is 17.8. The second-order valence-electron chi connectivity index (χ2n) is 2.58. The van der Waals surface area contributed by atoms with E-state index in [4.69, 9.17) is 15.9 Å². The lowest BCUT2D eigenvalue weighted by Crippen LogP contribution is -2.16. The minimum absolute atomic E-state index is 0.0856. The lowest BCUT2D eigenvalue weighted by Gasteiger charge is -2.12. The van der Waals surface area contributed by atoms with Gasteiger partial charge in [0.15, 0.2) is 11.6 Å². The number of phenols is 1. The van der Waals surface area contributed by atoms with E-state index in [0.29, 0.717) is 4.47 Å². The molecule has 0 spiro atoms. The monoisotopic (exact) mass is 249 g/mol. The molecule has 5 heteroatoms. The first-order chi connectivity index (χ1) is 6.07. The van der Waals surface area contributed by atoms with E-state index in [9.17, 15) is 4.39 Å². The summed E-state index contributed by atoms with van der Waals surface area (Å²) in [6.45, 7) is -0.376. The van der Waals surface area contributed by atoms with Crippen LogP contribution in [0.2, 0.25) is 0 Å². The van der Waals surface area contributed by atoms with Gasteiger partial charge in [-0.25, -0.2) is 4.39 Å². The van der Waals surface area contributed by atoms with Crippen LogP contribution in [0.25, 0.3) is 0 Å². The summed E-state index contributed by atoms with van der Waals surface area (Å²) in [4.78, 5) is 0. The predicted octanol–water partition coefficient (Wildman–Crippen LogP) is 1.29. The molecular weight excluding hydrogens is 241 g/mol. The fourth-order valence-electron chi connectivity index (χ4n) is 0.989. The predicted molar refractivity (Wildman–Crippen MR) is 49.8 cm³/mol. The van der Waals surface area contributed by atoms with Crippen molar-refractivity contribution >= 4 is 15.9 Å². The lowest BCUT2D eigenvalue weighted by molar-refractivity contribution is 0.264. The van der Waals surface area contributed by atoms with Gasteiger partial charge in [0.25, 0.3) is 0 Å². The Morgan fingerprint density at radius 2 is 2.15 bits per heavy atom. The number of hydrogen-bond donors (Lipinski definition) is 3. The largest absolute Gasteiger partial charge is 0.505 e. The molecular formula is C8H9BrFNO2. The van der Waals surface area contributed by atoms with Gasteiger partial charge in [-0.3, -0.25) is 0 Å². The molecule has 0 aliphatic rings. The van der Waals surface area contributed by atoms with E-state index in [1.54, 1.807) is 0 Å². The van der Waals surface area contributed by atoms with Gasteiger partial charge in [-0.05, 0) is 12.1 Å². The Morgan fingerprint density at radius 1 is 1.54 bits per heavy atom. The minimum atomic E-state index is -0.832. The quantitative estimate of drug-likeness (QED) is 0.740. The van der Waals surface area contributed by atoms with Gasteiger partial charge in [0, 0.05) is 10.0 Å². The van der Waals surface area contributed by atoms with Crippen LogP contribution in [0.5, 0.6) is 5.75 Å². The zero-order chi connectivity index (χ0) is 10.0. The number of rotatable bonds is 2. The summed E-state index contributed by atoms with van der Waals surface area (Å²) in [5.41, 5.74) is 5.52. The van der Waals surface area contributed by atoms with Crippen molar-refractivity contribution in [2.75, 3.05) is 6.61 Å². The smallest absolute Gasteiger partial charge is 0.170 e. The van der Waals surface area contributed by atoms with Crippen LogP contribution < -0.4 is 5.73 Å². The number of aliphatic hydroxyl groups is 1. The first kappa shape index (κ1) is 10.4. The van der Waals surface area contributed by atoms with Gasteiger partial charge in [-0.2, -0.15) is 0 Å². The standard InChI is InChI=1S/C8H9BrFNO2/c9-4-1-2-6(13)8(10)7(4)5(11)3-12/h1-2,5,12-13H,3,11H2. The second-order valence-corrected chi connectivity index (χ2v) is 3.44. The van der Waals surface area contributed by atoms with E-state index in [2.05, 4.69) is 15.9 Å². The maximum atomic E-state index is 13.2. The Balaban J connectivity index is 3.25. The van der Waals surface area contributed by atoms with E-state index >= 15 is 0 Å². The molecule has 72 valence electrons. The highest BCUT2D eigenvalue weighted by molar-refractivity contribution is 9.10. The molecule has 0 saturated heterocycles. The Morgan fingerprint density at radius 3 is 2.69 bits per heavy atom. The Bertz CT molecular complexity index is 319. The molecule has 0 heterocycles. The zero-order valence-corrected chi connectivity index (χ0v) is 8.25. The third-order valence-electron chi connectivity index (χ3n) is 1.67. The molecule has 4 N–H and O–H groups in total. The molecule has 1 aromatic rings. The van der Waals surface area contributed by atoms with Gasteiger partial charge in [-0.1, -0.05) is 15.9 Å². The second kappa shape index (κ2) is 4.04. The molecule has 1 unspecified atom stereocenters. The van der Waals surface area contributed by atoms with Crippen molar-refractivity contribution < 1.29 is 14.6 Å². The molecule has 0 radical (unpaired) electrons. The Labute approximate surface area is 83.1 Å². The molecule has 1 atom stereocenters. The van der Waals surface area contributed by atoms with Crippen molar-refractivity contribution in [1.82, 2.24) is 0 Å². The van der Waals surface area contributed by atoms with Gasteiger partial charge >= 0.3 is 0 Å². The molecule has 1 rings (SSSR count). The highest BCUT2D eigenvalue weighted by Crippen LogP contribution is 2.30. The number of aliphatic hydroxyl groups excluding tert-OH is 1. The number of benzene rings is 1. The zero-order valence-electron chi connectivity index (χ0n) is 6.67. The first-order valence-electron chi connectivity index (χ1n) is 3.61. The van der Waals surface area contributed by atoms with Crippen LogP contribution in [0, 0.1) is 5.82 Å². The van der Waals surface area contributed by atoms with Crippen molar-refractivity contribution in [2.45, 2.75) is 6.04 Å².